The molecule has 0 aliphatic rings. The highest BCUT2D eigenvalue weighted by Gasteiger charge is 2.26. The van der Waals surface area contributed by atoms with Crippen LogP contribution in [0.1, 0.15) is 5.56 Å². The van der Waals surface area contributed by atoms with Crippen molar-refractivity contribution >= 4 is 11.6 Å². The summed E-state index contributed by atoms with van der Waals surface area (Å²) in [7, 11) is 1.50. The number of hydrogen-bond acceptors (Lipinski definition) is 3. The second kappa shape index (κ2) is 6.14. The first-order valence-electron chi connectivity index (χ1n) is 5.00. The predicted octanol–water partition coefficient (Wildman–Crippen LogP) is 2.07. The number of alkyl halides is 2. The molecule has 0 radical (unpaired) electrons. The van der Waals surface area contributed by atoms with Gasteiger partial charge < -0.3 is 15.2 Å². The minimum atomic E-state index is -3.10. The van der Waals surface area contributed by atoms with Gasteiger partial charge in [-0.05, 0) is 17.7 Å². The smallest absolute Gasteiger partial charge is 0.282 e. The lowest BCUT2D eigenvalue weighted by molar-refractivity contribution is -0.0477. The molecule has 0 saturated carbocycles. The van der Waals surface area contributed by atoms with E-state index in [-0.39, 0.29) is 6.54 Å². The van der Waals surface area contributed by atoms with Crippen LogP contribution in [-0.2, 0) is 6.54 Å². The Bertz CT molecular complexity index is 374. The van der Waals surface area contributed by atoms with E-state index in [4.69, 9.17) is 21.4 Å². The summed E-state index contributed by atoms with van der Waals surface area (Å²) in [5.41, 5.74) is 0.768. The number of aliphatic hydroxyl groups excluding tert-OH is 1. The normalized spacial score (nSPS) is 11.6. The van der Waals surface area contributed by atoms with Gasteiger partial charge in [-0.1, -0.05) is 17.7 Å². The molecule has 3 nitrogen and oxygen atoms in total. The van der Waals surface area contributed by atoms with Crippen molar-refractivity contribution in [2.24, 2.45) is 0 Å². The molecule has 1 aromatic rings. The minimum Gasteiger partial charge on any atom is -0.495 e. The van der Waals surface area contributed by atoms with E-state index < -0.39 is 19.1 Å². The number of ether oxygens (including phenoxy) is 1. The van der Waals surface area contributed by atoms with Gasteiger partial charge in [0.15, 0.2) is 0 Å². The maximum absolute atomic E-state index is 12.7. The lowest BCUT2D eigenvalue weighted by Gasteiger charge is -2.14. The Morgan fingerprint density at radius 1 is 1.47 bits per heavy atom. The highest BCUT2D eigenvalue weighted by Crippen LogP contribution is 2.24. The fourth-order valence-corrected chi connectivity index (χ4v) is 1.55. The Labute approximate surface area is 103 Å². The largest absolute Gasteiger partial charge is 0.495 e. The Morgan fingerprint density at radius 3 is 2.71 bits per heavy atom. The molecule has 1 rings (SSSR count). The van der Waals surface area contributed by atoms with Crippen LogP contribution in [0, 0.1) is 0 Å². The van der Waals surface area contributed by atoms with Gasteiger partial charge in [-0.15, -0.1) is 0 Å². The average Bonchev–Trinajstić information content (AvgIpc) is 2.29. The number of aliphatic hydroxyl groups is 1. The molecule has 0 aliphatic carbocycles. The molecule has 0 bridgehead atoms. The first-order valence-corrected chi connectivity index (χ1v) is 5.38. The Hall–Kier alpha value is -0.910. The minimum absolute atomic E-state index is 0.249. The van der Waals surface area contributed by atoms with E-state index in [1.807, 2.05) is 0 Å². The number of nitrogens with one attached hydrogen (secondary N) is 1. The van der Waals surface area contributed by atoms with Gasteiger partial charge >= 0.3 is 0 Å². The average molecular weight is 266 g/mol. The van der Waals surface area contributed by atoms with Gasteiger partial charge in [0.2, 0.25) is 0 Å². The third-order valence-electron chi connectivity index (χ3n) is 2.16. The van der Waals surface area contributed by atoms with Crippen LogP contribution in [0.15, 0.2) is 18.2 Å². The van der Waals surface area contributed by atoms with Gasteiger partial charge in [0.25, 0.3) is 5.92 Å². The van der Waals surface area contributed by atoms with Crippen LogP contribution in [0.3, 0.4) is 0 Å². The SMILES string of the molecule is COc1ccc(CNCC(F)(F)CO)cc1Cl. The quantitative estimate of drug-likeness (QED) is 0.827. The lowest BCUT2D eigenvalue weighted by atomic mass is 10.2. The Balaban J connectivity index is 2.50. The molecular formula is C11H14ClF2NO2. The summed E-state index contributed by atoms with van der Waals surface area (Å²) in [6.07, 6.45) is 0. The van der Waals surface area contributed by atoms with E-state index in [0.717, 1.165) is 5.56 Å². The Morgan fingerprint density at radius 2 is 2.18 bits per heavy atom. The molecule has 17 heavy (non-hydrogen) atoms. The molecule has 96 valence electrons. The fraction of sp³-hybridized carbons (Fsp3) is 0.455. The van der Waals surface area contributed by atoms with E-state index >= 15 is 0 Å². The van der Waals surface area contributed by atoms with Crippen LogP contribution in [0.2, 0.25) is 5.02 Å². The summed E-state index contributed by atoms with van der Waals surface area (Å²) in [6.45, 7) is -1.49. The lowest BCUT2D eigenvalue weighted by Crippen LogP contribution is -2.35. The van der Waals surface area contributed by atoms with Crippen molar-refractivity contribution in [3.05, 3.63) is 28.8 Å². The molecule has 0 fully saturated rings. The number of hydrogen-bond donors (Lipinski definition) is 2. The van der Waals surface area contributed by atoms with Crippen LogP contribution in [-0.4, -0.2) is 31.3 Å². The van der Waals surface area contributed by atoms with Crippen molar-refractivity contribution in [1.82, 2.24) is 5.32 Å². The van der Waals surface area contributed by atoms with Gasteiger partial charge in [0, 0.05) is 6.54 Å². The summed E-state index contributed by atoms with van der Waals surface area (Å²) in [4.78, 5) is 0. The van der Waals surface area contributed by atoms with Crippen molar-refractivity contribution in [2.75, 3.05) is 20.3 Å². The highest BCUT2D eigenvalue weighted by molar-refractivity contribution is 6.32. The van der Waals surface area contributed by atoms with E-state index in [1.54, 1.807) is 18.2 Å². The molecule has 1 aromatic carbocycles. The number of rotatable bonds is 6. The summed E-state index contributed by atoms with van der Waals surface area (Å²) >= 11 is 5.88. The highest BCUT2D eigenvalue weighted by atomic mass is 35.5. The molecule has 0 aliphatic heterocycles. The predicted molar refractivity (Wildman–Crippen MR) is 61.7 cm³/mol. The summed E-state index contributed by atoms with van der Waals surface area (Å²) in [5.74, 6) is -2.56. The van der Waals surface area contributed by atoms with Crippen molar-refractivity contribution in [3.8, 4) is 5.75 Å². The van der Waals surface area contributed by atoms with Gasteiger partial charge in [-0.3, -0.25) is 0 Å². The number of methoxy groups -OCH3 is 1. The molecule has 0 heterocycles. The molecule has 0 spiro atoms. The van der Waals surface area contributed by atoms with Crippen LogP contribution in [0.25, 0.3) is 0 Å². The van der Waals surface area contributed by atoms with E-state index in [2.05, 4.69) is 5.32 Å². The summed E-state index contributed by atoms with van der Waals surface area (Å²) < 4.78 is 30.4. The molecule has 0 atom stereocenters. The van der Waals surface area contributed by atoms with E-state index in [1.165, 1.54) is 7.11 Å². The number of benzene rings is 1. The van der Waals surface area contributed by atoms with Gasteiger partial charge in [-0.2, -0.15) is 0 Å². The van der Waals surface area contributed by atoms with Crippen LogP contribution >= 0.6 is 11.6 Å². The topological polar surface area (TPSA) is 41.5 Å². The summed E-state index contributed by atoms with van der Waals surface area (Å²) in [6, 6.07) is 5.04. The molecule has 0 aromatic heterocycles. The molecule has 0 saturated heterocycles. The first-order chi connectivity index (χ1) is 7.98. The van der Waals surface area contributed by atoms with Crippen LogP contribution in [0.4, 0.5) is 8.78 Å². The van der Waals surface area contributed by atoms with Gasteiger partial charge in [-0.25, -0.2) is 8.78 Å². The van der Waals surface area contributed by atoms with Crippen molar-refractivity contribution < 1.29 is 18.6 Å². The second-order valence-electron chi connectivity index (χ2n) is 3.59. The standard InChI is InChI=1S/C11H14ClF2NO2/c1-17-10-3-2-8(4-9(10)12)5-15-6-11(13,14)7-16/h2-4,15-16H,5-7H2,1H3. The molecule has 0 amide bonds. The zero-order valence-corrected chi connectivity index (χ0v) is 10.1. The van der Waals surface area contributed by atoms with E-state index in [9.17, 15) is 8.78 Å². The Kier molecular flexibility index (Phi) is 5.11. The number of halogens is 3. The molecule has 0 unspecified atom stereocenters. The summed E-state index contributed by atoms with van der Waals surface area (Å²) in [5, 5.41) is 11.4. The fourth-order valence-electron chi connectivity index (χ4n) is 1.27. The first kappa shape index (κ1) is 14.2. The molecule has 2 N–H and O–H groups in total. The van der Waals surface area contributed by atoms with Crippen LogP contribution < -0.4 is 10.1 Å². The maximum atomic E-state index is 12.7. The third-order valence-corrected chi connectivity index (χ3v) is 2.46. The van der Waals surface area contributed by atoms with Crippen molar-refractivity contribution in [2.45, 2.75) is 12.5 Å². The zero-order chi connectivity index (χ0) is 12.9. The van der Waals surface area contributed by atoms with E-state index in [0.29, 0.717) is 10.8 Å². The third kappa shape index (κ3) is 4.46. The zero-order valence-electron chi connectivity index (χ0n) is 9.34. The van der Waals surface area contributed by atoms with Crippen molar-refractivity contribution in [1.29, 1.82) is 0 Å². The molecular weight excluding hydrogens is 252 g/mol. The van der Waals surface area contributed by atoms with Crippen LogP contribution in [0.5, 0.6) is 5.75 Å². The second-order valence-corrected chi connectivity index (χ2v) is 3.99. The van der Waals surface area contributed by atoms with Crippen molar-refractivity contribution in [3.63, 3.8) is 0 Å². The van der Waals surface area contributed by atoms with Gasteiger partial charge in [0.05, 0.1) is 18.7 Å². The van der Waals surface area contributed by atoms with Gasteiger partial charge in [0.1, 0.15) is 12.4 Å². The molecule has 6 heteroatoms. The maximum Gasteiger partial charge on any atom is 0.282 e. The monoisotopic (exact) mass is 265 g/mol.